The number of hydrogen-bond acceptors (Lipinski definition) is 7. The first-order valence-corrected chi connectivity index (χ1v) is 7.98. The first-order valence-electron chi connectivity index (χ1n) is 7.98. The van der Waals surface area contributed by atoms with Gasteiger partial charge in [0.1, 0.15) is 18.3 Å². The molecule has 1 aliphatic rings. The van der Waals surface area contributed by atoms with Crippen LogP contribution >= 0.6 is 0 Å². The number of hydrogen-bond donors (Lipinski definition) is 2. The molecule has 24 heavy (non-hydrogen) atoms. The van der Waals surface area contributed by atoms with E-state index in [4.69, 9.17) is 0 Å². The monoisotopic (exact) mass is 331 g/mol. The van der Waals surface area contributed by atoms with Gasteiger partial charge in [-0.15, -0.1) is 0 Å². The van der Waals surface area contributed by atoms with Crippen molar-refractivity contribution in [2.24, 2.45) is 0 Å². The third-order valence-corrected chi connectivity index (χ3v) is 4.04. The van der Waals surface area contributed by atoms with Crippen LogP contribution < -0.4 is 10.2 Å². The van der Waals surface area contributed by atoms with Gasteiger partial charge in [-0.3, -0.25) is 9.48 Å². The minimum absolute atomic E-state index is 0.0713. The summed E-state index contributed by atoms with van der Waals surface area (Å²) in [7, 11) is 0. The van der Waals surface area contributed by atoms with E-state index < -0.39 is 5.60 Å². The zero-order chi connectivity index (χ0) is 16.8. The molecule has 0 aromatic carbocycles. The first-order chi connectivity index (χ1) is 11.6. The quantitative estimate of drug-likeness (QED) is 0.711. The molecule has 0 spiro atoms. The fraction of sp³-hybridized carbons (Fsp3) is 0.533. The van der Waals surface area contributed by atoms with Gasteiger partial charge in [0.05, 0.1) is 6.54 Å². The number of β-amino-alcohol motifs (C(OH)–C–C–N with tert-alkyl or cyclic N) is 1. The number of nitrogens with one attached hydrogen (secondary N) is 1. The number of rotatable bonds is 7. The van der Waals surface area contributed by atoms with Crippen molar-refractivity contribution >= 4 is 11.9 Å². The van der Waals surface area contributed by atoms with E-state index in [1.807, 2.05) is 4.90 Å². The Hall–Kier alpha value is -2.55. The Labute approximate surface area is 139 Å². The van der Waals surface area contributed by atoms with Crippen LogP contribution in [0.15, 0.2) is 31.1 Å². The van der Waals surface area contributed by atoms with E-state index in [-0.39, 0.29) is 12.5 Å². The van der Waals surface area contributed by atoms with Crippen molar-refractivity contribution in [2.45, 2.75) is 31.4 Å². The summed E-state index contributed by atoms with van der Waals surface area (Å²) in [5.74, 6) is 0.533. The molecule has 1 amide bonds. The van der Waals surface area contributed by atoms with Crippen molar-refractivity contribution in [1.29, 1.82) is 0 Å². The molecule has 9 heteroatoms. The molecule has 1 aliphatic heterocycles. The maximum Gasteiger partial charge on any atom is 0.225 e. The lowest BCUT2D eigenvalue weighted by Gasteiger charge is -2.23. The molecule has 1 fully saturated rings. The smallest absolute Gasteiger partial charge is 0.225 e. The van der Waals surface area contributed by atoms with Crippen molar-refractivity contribution in [1.82, 2.24) is 30.0 Å². The zero-order valence-electron chi connectivity index (χ0n) is 13.4. The number of carbonyl (C=O) groups excluding carboxylic acids is 1. The molecular weight excluding hydrogens is 310 g/mol. The largest absolute Gasteiger partial charge is 0.386 e. The second-order valence-corrected chi connectivity index (χ2v) is 5.98. The van der Waals surface area contributed by atoms with Crippen LogP contribution in [0.1, 0.15) is 19.3 Å². The molecule has 0 radical (unpaired) electrons. The predicted octanol–water partition coefficient (Wildman–Crippen LogP) is -0.394. The molecule has 0 bridgehead atoms. The van der Waals surface area contributed by atoms with Gasteiger partial charge in [0.15, 0.2) is 0 Å². The molecule has 0 unspecified atom stereocenters. The Balaban J connectivity index is 1.40. The molecule has 1 atom stereocenters. The van der Waals surface area contributed by atoms with Crippen LogP contribution in [0.3, 0.4) is 0 Å². The van der Waals surface area contributed by atoms with Crippen LogP contribution in [-0.4, -0.2) is 61.0 Å². The number of anilines is 1. The van der Waals surface area contributed by atoms with Gasteiger partial charge in [-0.25, -0.2) is 15.0 Å². The van der Waals surface area contributed by atoms with E-state index in [9.17, 15) is 9.90 Å². The lowest BCUT2D eigenvalue weighted by Crippen LogP contribution is -2.45. The Morgan fingerprint density at radius 3 is 2.96 bits per heavy atom. The maximum absolute atomic E-state index is 11.9. The summed E-state index contributed by atoms with van der Waals surface area (Å²) in [5, 5.41) is 17.4. The lowest BCUT2D eigenvalue weighted by molar-refractivity contribution is -0.122. The summed E-state index contributed by atoms with van der Waals surface area (Å²) in [6.07, 6.45) is 8.09. The second-order valence-electron chi connectivity index (χ2n) is 5.98. The van der Waals surface area contributed by atoms with Gasteiger partial charge in [-0.2, -0.15) is 5.10 Å². The minimum Gasteiger partial charge on any atom is -0.386 e. The van der Waals surface area contributed by atoms with Crippen LogP contribution in [0, 0.1) is 0 Å². The van der Waals surface area contributed by atoms with Gasteiger partial charge in [0.25, 0.3) is 0 Å². The number of aromatic nitrogens is 5. The van der Waals surface area contributed by atoms with E-state index >= 15 is 0 Å². The van der Waals surface area contributed by atoms with E-state index in [0.29, 0.717) is 44.8 Å². The molecule has 3 rings (SSSR count). The molecule has 2 aromatic heterocycles. The first kappa shape index (κ1) is 16.3. The topological polar surface area (TPSA) is 109 Å². The predicted molar refractivity (Wildman–Crippen MR) is 86.1 cm³/mol. The standard InChI is InChI=1S/C15H21N7O2/c23-13(3-1-7-22-12-16-11-20-22)19-9-15(24)4-8-21(10-15)14-17-5-2-6-18-14/h2,5-6,11-12,24H,1,3-4,7-10H2,(H,19,23)/t15-/m0/s1. The molecule has 2 aromatic rings. The summed E-state index contributed by atoms with van der Waals surface area (Å²) >= 11 is 0. The number of amides is 1. The molecule has 0 aliphatic carbocycles. The second kappa shape index (κ2) is 7.35. The highest BCUT2D eigenvalue weighted by molar-refractivity contribution is 5.75. The average Bonchev–Trinajstić information content (AvgIpc) is 3.24. The normalized spacial score (nSPS) is 20.3. The van der Waals surface area contributed by atoms with Gasteiger partial charge < -0.3 is 15.3 Å². The van der Waals surface area contributed by atoms with Crippen LogP contribution in [-0.2, 0) is 11.3 Å². The van der Waals surface area contributed by atoms with Gasteiger partial charge in [-0.1, -0.05) is 0 Å². The number of aliphatic hydroxyl groups is 1. The van der Waals surface area contributed by atoms with Gasteiger partial charge in [0, 0.05) is 38.4 Å². The Kier molecular flexibility index (Phi) is 4.99. The summed E-state index contributed by atoms with van der Waals surface area (Å²) in [5.41, 5.74) is -0.944. The number of nitrogens with zero attached hydrogens (tertiary/aromatic N) is 6. The summed E-state index contributed by atoms with van der Waals surface area (Å²) < 4.78 is 1.69. The highest BCUT2D eigenvalue weighted by Gasteiger charge is 2.37. The number of carbonyl (C=O) groups is 1. The van der Waals surface area contributed by atoms with E-state index in [1.54, 1.807) is 29.5 Å². The van der Waals surface area contributed by atoms with Crippen molar-refractivity contribution < 1.29 is 9.90 Å². The third-order valence-electron chi connectivity index (χ3n) is 4.04. The fourth-order valence-electron chi connectivity index (χ4n) is 2.73. The number of aryl methyl sites for hydroxylation is 1. The molecule has 128 valence electrons. The van der Waals surface area contributed by atoms with E-state index in [0.717, 1.165) is 0 Å². The summed E-state index contributed by atoms with van der Waals surface area (Å²) in [4.78, 5) is 26.1. The Bertz CT molecular complexity index is 649. The molecule has 2 N–H and O–H groups in total. The molecule has 0 saturated carbocycles. The van der Waals surface area contributed by atoms with Crippen LogP contribution in [0.5, 0.6) is 0 Å². The minimum atomic E-state index is -0.944. The Morgan fingerprint density at radius 2 is 2.21 bits per heavy atom. The van der Waals surface area contributed by atoms with Gasteiger partial charge >= 0.3 is 0 Å². The molecular formula is C15H21N7O2. The van der Waals surface area contributed by atoms with Crippen LogP contribution in [0.25, 0.3) is 0 Å². The SMILES string of the molecule is O=C(CCCn1cncn1)NC[C@@]1(O)CCN(c2ncccn2)C1. The van der Waals surface area contributed by atoms with Crippen molar-refractivity contribution in [3.63, 3.8) is 0 Å². The molecule has 3 heterocycles. The van der Waals surface area contributed by atoms with E-state index in [1.165, 1.54) is 6.33 Å². The van der Waals surface area contributed by atoms with Crippen molar-refractivity contribution in [3.8, 4) is 0 Å². The lowest BCUT2D eigenvalue weighted by atomic mass is 10.0. The van der Waals surface area contributed by atoms with Gasteiger partial charge in [0.2, 0.25) is 11.9 Å². The summed E-state index contributed by atoms with van der Waals surface area (Å²) in [6.45, 7) is 1.97. The maximum atomic E-state index is 11.9. The fourth-order valence-corrected chi connectivity index (χ4v) is 2.73. The Morgan fingerprint density at radius 1 is 1.38 bits per heavy atom. The van der Waals surface area contributed by atoms with Crippen LogP contribution in [0.4, 0.5) is 5.95 Å². The molecule has 9 nitrogen and oxygen atoms in total. The summed E-state index contributed by atoms with van der Waals surface area (Å²) in [6, 6.07) is 1.76. The highest BCUT2D eigenvalue weighted by atomic mass is 16.3. The highest BCUT2D eigenvalue weighted by Crippen LogP contribution is 2.23. The average molecular weight is 331 g/mol. The van der Waals surface area contributed by atoms with Crippen LogP contribution in [0.2, 0.25) is 0 Å². The van der Waals surface area contributed by atoms with E-state index in [2.05, 4.69) is 25.4 Å². The van der Waals surface area contributed by atoms with Crippen molar-refractivity contribution in [3.05, 3.63) is 31.1 Å². The van der Waals surface area contributed by atoms with Gasteiger partial charge in [-0.05, 0) is 18.9 Å². The molecule has 1 saturated heterocycles. The van der Waals surface area contributed by atoms with Crippen molar-refractivity contribution in [2.75, 3.05) is 24.5 Å². The third kappa shape index (κ3) is 4.25. The zero-order valence-corrected chi connectivity index (χ0v) is 13.4.